The molecule has 126 valence electrons. The second-order valence-corrected chi connectivity index (χ2v) is 5.72. The van der Waals surface area contributed by atoms with E-state index in [2.05, 4.69) is 0 Å². The van der Waals surface area contributed by atoms with E-state index in [1.807, 2.05) is 6.07 Å². The Morgan fingerprint density at radius 3 is 2.76 bits per heavy atom. The molecule has 0 unspecified atom stereocenters. The van der Waals surface area contributed by atoms with Crippen LogP contribution in [0.25, 0.3) is 0 Å². The predicted molar refractivity (Wildman–Crippen MR) is 87.1 cm³/mol. The number of allylic oxidation sites excluding steroid dienone is 1. The summed E-state index contributed by atoms with van der Waals surface area (Å²) in [5.74, 6) is -0.685. The van der Waals surface area contributed by atoms with Gasteiger partial charge in [0.15, 0.2) is 0 Å². The first kappa shape index (κ1) is 16.5. The van der Waals surface area contributed by atoms with E-state index in [1.165, 1.54) is 24.3 Å². The molecule has 2 heterocycles. The molecule has 1 aliphatic heterocycles. The van der Waals surface area contributed by atoms with Crippen LogP contribution in [0.15, 0.2) is 44.9 Å². The summed E-state index contributed by atoms with van der Waals surface area (Å²) in [6.45, 7) is 1.56. The molecule has 0 spiro atoms. The van der Waals surface area contributed by atoms with Crippen LogP contribution in [-0.2, 0) is 0 Å². The molecule has 0 saturated carbocycles. The lowest BCUT2D eigenvalue weighted by atomic mass is 9.84. The number of fused-ring (bicyclic) bond motifs is 1. The predicted octanol–water partition coefficient (Wildman–Crippen LogP) is 2.73. The lowest BCUT2D eigenvalue weighted by molar-refractivity contribution is -0.384. The van der Waals surface area contributed by atoms with Gasteiger partial charge in [-0.1, -0.05) is 17.7 Å². The number of nitriles is 1. The highest BCUT2D eigenvalue weighted by molar-refractivity contribution is 6.32. The largest absolute Gasteiger partial charge is 0.440 e. The zero-order valence-electron chi connectivity index (χ0n) is 12.8. The monoisotopic (exact) mass is 359 g/mol. The van der Waals surface area contributed by atoms with E-state index in [1.54, 1.807) is 6.92 Å². The van der Waals surface area contributed by atoms with Crippen LogP contribution in [0.3, 0.4) is 0 Å². The van der Waals surface area contributed by atoms with Gasteiger partial charge in [-0.2, -0.15) is 5.26 Å². The Hall–Kier alpha value is -3.31. The molecule has 0 fully saturated rings. The van der Waals surface area contributed by atoms with Crippen molar-refractivity contribution in [1.82, 2.24) is 0 Å². The topological polar surface area (TPSA) is 132 Å². The summed E-state index contributed by atoms with van der Waals surface area (Å²) in [5, 5.41) is 20.5. The fraction of sp³-hybridized carbons (Fsp3) is 0.125. The molecule has 0 amide bonds. The number of nitrogens with two attached hydrogens (primary N) is 1. The van der Waals surface area contributed by atoms with Crippen molar-refractivity contribution in [2.45, 2.75) is 12.8 Å². The summed E-state index contributed by atoms with van der Waals surface area (Å²) in [6.07, 6.45) is 0. The van der Waals surface area contributed by atoms with Gasteiger partial charge < -0.3 is 14.9 Å². The molecule has 0 bridgehead atoms. The van der Waals surface area contributed by atoms with Crippen molar-refractivity contribution < 1.29 is 14.1 Å². The molecular formula is C16H10ClN3O5. The summed E-state index contributed by atoms with van der Waals surface area (Å²) in [4.78, 5) is 22.8. The minimum atomic E-state index is -0.957. The highest BCUT2D eigenvalue weighted by atomic mass is 35.5. The minimum absolute atomic E-state index is 0.0414. The molecule has 2 aromatic rings. The van der Waals surface area contributed by atoms with Gasteiger partial charge in [-0.3, -0.25) is 10.1 Å². The van der Waals surface area contributed by atoms with Crippen LogP contribution in [0, 0.1) is 28.4 Å². The number of hydrogen-bond donors (Lipinski definition) is 1. The van der Waals surface area contributed by atoms with E-state index >= 15 is 0 Å². The van der Waals surface area contributed by atoms with E-state index < -0.39 is 16.5 Å². The smallest absolute Gasteiger partial charge is 0.343 e. The minimum Gasteiger partial charge on any atom is -0.440 e. The van der Waals surface area contributed by atoms with Crippen LogP contribution in [-0.4, -0.2) is 4.92 Å². The number of halogens is 1. The molecule has 1 aromatic carbocycles. The van der Waals surface area contributed by atoms with Crippen LogP contribution in [0.5, 0.6) is 5.75 Å². The van der Waals surface area contributed by atoms with Crippen LogP contribution >= 0.6 is 11.6 Å². The van der Waals surface area contributed by atoms with Crippen molar-refractivity contribution in [3.05, 3.63) is 78.2 Å². The van der Waals surface area contributed by atoms with Gasteiger partial charge in [0.25, 0.3) is 5.69 Å². The number of nitrogens with zero attached hydrogens (tertiary/aromatic N) is 2. The molecule has 0 saturated heterocycles. The first-order valence-corrected chi connectivity index (χ1v) is 7.37. The van der Waals surface area contributed by atoms with E-state index in [4.69, 9.17) is 26.5 Å². The summed E-state index contributed by atoms with van der Waals surface area (Å²) in [5.41, 5.74) is 5.05. The number of hydrogen-bond acceptors (Lipinski definition) is 7. The quantitative estimate of drug-likeness (QED) is 0.643. The van der Waals surface area contributed by atoms with E-state index in [9.17, 15) is 20.2 Å². The second-order valence-electron chi connectivity index (χ2n) is 5.32. The Kier molecular flexibility index (Phi) is 3.94. The number of aryl methyl sites for hydroxylation is 1. The zero-order chi connectivity index (χ0) is 18.3. The van der Waals surface area contributed by atoms with Crippen LogP contribution in [0.4, 0.5) is 5.69 Å². The van der Waals surface area contributed by atoms with Gasteiger partial charge in [-0.15, -0.1) is 0 Å². The lowest BCUT2D eigenvalue weighted by Gasteiger charge is -2.25. The van der Waals surface area contributed by atoms with Crippen molar-refractivity contribution in [3.63, 3.8) is 0 Å². The van der Waals surface area contributed by atoms with Gasteiger partial charge >= 0.3 is 5.63 Å². The fourth-order valence-corrected chi connectivity index (χ4v) is 2.89. The molecule has 8 nitrogen and oxygen atoms in total. The second kappa shape index (κ2) is 5.96. The van der Waals surface area contributed by atoms with Crippen molar-refractivity contribution in [2.75, 3.05) is 0 Å². The molecule has 0 aliphatic carbocycles. The normalized spacial score (nSPS) is 16.0. The number of benzene rings is 1. The molecule has 1 aliphatic rings. The molecule has 25 heavy (non-hydrogen) atoms. The molecule has 2 N–H and O–H groups in total. The highest BCUT2D eigenvalue weighted by Gasteiger charge is 2.35. The summed E-state index contributed by atoms with van der Waals surface area (Å²) < 4.78 is 10.5. The van der Waals surface area contributed by atoms with Crippen molar-refractivity contribution in [2.24, 2.45) is 5.73 Å². The summed E-state index contributed by atoms with van der Waals surface area (Å²) in [7, 11) is 0. The highest BCUT2D eigenvalue weighted by Crippen LogP contribution is 2.42. The number of nitro benzene ring substituents is 1. The number of rotatable bonds is 2. The molecule has 9 heteroatoms. The van der Waals surface area contributed by atoms with Crippen LogP contribution < -0.4 is 16.1 Å². The number of ether oxygens (including phenoxy) is 1. The molecule has 1 atom stereocenters. The van der Waals surface area contributed by atoms with E-state index in [-0.39, 0.29) is 33.5 Å². The molecular weight excluding hydrogens is 350 g/mol. The lowest BCUT2D eigenvalue weighted by Crippen LogP contribution is -2.26. The maximum Gasteiger partial charge on any atom is 0.343 e. The molecule has 3 rings (SSSR count). The zero-order valence-corrected chi connectivity index (χ0v) is 13.5. The fourth-order valence-electron chi connectivity index (χ4n) is 2.70. The molecule has 1 aromatic heterocycles. The van der Waals surface area contributed by atoms with Gasteiger partial charge in [-0.25, -0.2) is 4.79 Å². The van der Waals surface area contributed by atoms with E-state index in [0.29, 0.717) is 11.3 Å². The third kappa shape index (κ3) is 2.70. The maximum atomic E-state index is 12.3. The van der Waals surface area contributed by atoms with Gasteiger partial charge in [0.2, 0.25) is 5.88 Å². The first-order valence-electron chi connectivity index (χ1n) is 6.99. The standard InChI is InChI=1S/C16H10ClN3O5/c1-7-4-12-14(16(21)24-7)13(9(6-18)15(19)25-12)8-2-3-10(17)11(5-8)20(22)23/h2-5,13H,19H2,1H3/t13-/m0/s1. The van der Waals surface area contributed by atoms with Gasteiger partial charge in [-0.05, 0) is 18.6 Å². The van der Waals surface area contributed by atoms with Gasteiger partial charge in [0, 0.05) is 12.1 Å². The van der Waals surface area contributed by atoms with E-state index in [0.717, 1.165) is 0 Å². The van der Waals surface area contributed by atoms with Crippen molar-refractivity contribution in [1.29, 1.82) is 5.26 Å². The average molecular weight is 360 g/mol. The Labute approximate surface area is 145 Å². The Morgan fingerprint density at radius 1 is 1.40 bits per heavy atom. The van der Waals surface area contributed by atoms with Gasteiger partial charge in [0.05, 0.1) is 16.4 Å². The van der Waals surface area contributed by atoms with Crippen molar-refractivity contribution >= 4 is 17.3 Å². The Bertz CT molecular complexity index is 1040. The van der Waals surface area contributed by atoms with Crippen LogP contribution in [0.2, 0.25) is 5.02 Å². The maximum absolute atomic E-state index is 12.3. The van der Waals surface area contributed by atoms with Gasteiger partial charge in [0.1, 0.15) is 28.2 Å². The summed E-state index contributed by atoms with van der Waals surface area (Å²) >= 11 is 5.83. The Balaban J connectivity index is 2.32. The summed E-state index contributed by atoms with van der Waals surface area (Å²) in [6, 6.07) is 7.37. The third-order valence-corrected chi connectivity index (χ3v) is 4.08. The first-order chi connectivity index (χ1) is 11.8. The SMILES string of the molecule is Cc1cc2c(c(=O)o1)[C@@H](c1ccc(Cl)c([N+](=O)[O-])c1)C(C#N)=C(N)O2. The van der Waals surface area contributed by atoms with Crippen molar-refractivity contribution in [3.8, 4) is 11.8 Å². The Morgan fingerprint density at radius 2 is 2.12 bits per heavy atom. The number of nitro groups is 1. The molecule has 0 radical (unpaired) electrons. The third-order valence-electron chi connectivity index (χ3n) is 3.76. The average Bonchev–Trinajstić information content (AvgIpc) is 2.53. The van der Waals surface area contributed by atoms with Crippen LogP contribution in [0.1, 0.15) is 22.8 Å².